The summed E-state index contributed by atoms with van der Waals surface area (Å²) in [5.41, 5.74) is 0. The van der Waals surface area contributed by atoms with Gasteiger partial charge in [0.15, 0.2) is 0 Å². The number of ether oxygens (including phenoxy) is 2. The van der Waals surface area contributed by atoms with Crippen LogP contribution in [0.2, 0.25) is 3.97 Å². The molecular formula is C18H23GaO2. The van der Waals surface area contributed by atoms with Crippen LogP contribution in [0.25, 0.3) is 0 Å². The first-order valence-electron chi connectivity index (χ1n) is 7.25. The fourth-order valence-corrected chi connectivity index (χ4v) is 10.9. The molecule has 0 saturated carbocycles. The van der Waals surface area contributed by atoms with Crippen LogP contribution in [-0.4, -0.2) is 30.4 Å². The Balaban J connectivity index is 2.65. The van der Waals surface area contributed by atoms with E-state index in [4.69, 9.17) is 9.47 Å². The first-order valence-corrected chi connectivity index (χ1v) is 10.9. The molecule has 2 nitrogen and oxygen atoms in total. The Morgan fingerprint density at radius 2 is 1.10 bits per heavy atom. The third-order valence-corrected chi connectivity index (χ3v) is 12.0. The van der Waals surface area contributed by atoms with E-state index >= 15 is 0 Å². The Morgan fingerprint density at radius 1 is 0.714 bits per heavy atom. The molecular weight excluding hydrogens is 318 g/mol. The van der Waals surface area contributed by atoms with E-state index in [1.165, 1.54) is 8.24 Å². The van der Waals surface area contributed by atoms with Gasteiger partial charge in [-0.3, -0.25) is 0 Å². The number of para-hydroxylation sites is 2. The van der Waals surface area contributed by atoms with E-state index in [0.29, 0.717) is 0 Å². The molecule has 0 saturated heterocycles. The van der Waals surface area contributed by atoms with E-state index in [1.54, 1.807) is 14.2 Å². The van der Waals surface area contributed by atoms with Gasteiger partial charge in [0, 0.05) is 0 Å². The monoisotopic (exact) mass is 340 g/mol. The van der Waals surface area contributed by atoms with Crippen LogP contribution < -0.4 is 17.7 Å². The Morgan fingerprint density at radius 3 is 1.43 bits per heavy atom. The second kappa shape index (κ2) is 6.63. The minimum absolute atomic E-state index is 0.232. The average molecular weight is 341 g/mol. The molecule has 0 N–H and O–H groups in total. The van der Waals surface area contributed by atoms with Gasteiger partial charge in [-0.2, -0.15) is 0 Å². The topological polar surface area (TPSA) is 18.5 Å². The van der Waals surface area contributed by atoms with Gasteiger partial charge in [-0.05, 0) is 0 Å². The SMILES string of the molecule is COc1cccc[c]1[Ga]([c]1ccccc1OC)[C](C)(C)C. The van der Waals surface area contributed by atoms with Crippen LogP contribution in [0.15, 0.2) is 48.5 Å². The molecule has 110 valence electrons. The summed E-state index contributed by atoms with van der Waals surface area (Å²) < 4.78 is 14.2. The van der Waals surface area contributed by atoms with Gasteiger partial charge >= 0.3 is 133 Å². The van der Waals surface area contributed by atoms with Crippen molar-refractivity contribution in [3.8, 4) is 11.5 Å². The van der Waals surface area contributed by atoms with Gasteiger partial charge in [0.25, 0.3) is 0 Å². The van der Waals surface area contributed by atoms with Crippen LogP contribution in [0.3, 0.4) is 0 Å². The number of rotatable bonds is 4. The number of hydrogen-bond acceptors (Lipinski definition) is 2. The fourth-order valence-electron chi connectivity index (χ4n) is 2.91. The molecule has 0 aromatic heterocycles. The molecule has 0 aliphatic heterocycles. The molecule has 21 heavy (non-hydrogen) atoms. The summed E-state index contributed by atoms with van der Waals surface area (Å²) in [6.45, 7) is 6.99. The molecule has 0 heterocycles. The third-order valence-electron chi connectivity index (χ3n) is 3.77. The molecule has 0 aliphatic rings. The van der Waals surface area contributed by atoms with Crippen molar-refractivity contribution in [2.45, 2.75) is 24.7 Å². The maximum absolute atomic E-state index is 5.62. The Hall–Kier alpha value is -1.32. The van der Waals surface area contributed by atoms with E-state index in [-0.39, 0.29) is 3.97 Å². The molecule has 0 aliphatic carbocycles. The van der Waals surface area contributed by atoms with Crippen molar-refractivity contribution >= 4 is 24.5 Å². The van der Waals surface area contributed by atoms with E-state index in [9.17, 15) is 0 Å². The van der Waals surface area contributed by atoms with Gasteiger partial charge in [0.2, 0.25) is 0 Å². The van der Waals surface area contributed by atoms with Gasteiger partial charge in [-0.25, -0.2) is 0 Å². The molecule has 0 radical (unpaired) electrons. The van der Waals surface area contributed by atoms with Crippen LogP contribution >= 0.6 is 0 Å². The standard InChI is InChI=1S/2C7H7O.C4H9.Ga/c2*1-8-7-5-3-2-4-6-7;1-4(2)3;/h2*2-5H,1H3;1-3H3;. The summed E-state index contributed by atoms with van der Waals surface area (Å²) in [5, 5.41) is 0. The van der Waals surface area contributed by atoms with Gasteiger partial charge < -0.3 is 0 Å². The Labute approximate surface area is 133 Å². The Bertz CT molecular complexity index is 555. The predicted octanol–water partition coefficient (Wildman–Crippen LogP) is 3.11. The van der Waals surface area contributed by atoms with E-state index < -0.39 is 16.2 Å². The molecule has 0 unspecified atom stereocenters. The molecule has 0 amide bonds. The molecule has 3 heteroatoms. The molecule has 0 bridgehead atoms. The van der Waals surface area contributed by atoms with Crippen molar-refractivity contribution in [3.05, 3.63) is 48.5 Å². The Kier molecular flexibility index (Phi) is 5.07. The van der Waals surface area contributed by atoms with Gasteiger partial charge in [-0.1, -0.05) is 0 Å². The summed E-state index contributed by atoms with van der Waals surface area (Å²) in [7, 11) is 3.51. The normalized spacial score (nSPS) is 11.1. The minimum atomic E-state index is -2.10. The summed E-state index contributed by atoms with van der Waals surface area (Å²) in [5.74, 6) is 2.01. The summed E-state index contributed by atoms with van der Waals surface area (Å²) >= 11 is -2.10. The zero-order valence-corrected chi connectivity index (χ0v) is 15.9. The van der Waals surface area contributed by atoms with Crippen LogP contribution in [0.5, 0.6) is 11.5 Å². The van der Waals surface area contributed by atoms with Crippen molar-refractivity contribution in [2.75, 3.05) is 14.2 Å². The maximum atomic E-state index is 5.62. The van der Waals surface area contributed by atoms with E-state index in [2.05, 4.69) is 57.2 Å². The number of hydrogen-bond donors (Lipinski definition) is 0. The van der Waals surface area contributed by atoms with Gasteiger partial charge in [-0.15, -0.1) is 0 Å². The quantitative estimate of drug-likeness (QED) is 0.796. The van der Waals surface area contributed by atoms with E-state index in [1.807, 2.05) is 12.1 Å². The average Bonchev–Trinajstić information content (AvgIpc) is 2.47. The second-order valence-corrected chi connectivity index (χ2v) is 14.3. The molecule has 0 spiro atoms. The van der Waals surface area contributed by atoms with Crippen molar-refractivity contribution in [1.29, 1.82) is 0 Å². The van der Waals surface area contributed by atoms with E-state index in [0.717, 1.165) is 11.5 Å². The predicted molar refractivity (Wildman–Crippen MR) is 90.7 cm³/mol. The summed E-state index contributed by atoms with van der Waals surface area (Å²) in [6, 6.07) is 16.9. The second-order valence-electron chi connectivity index (χ2n) is 6.28. The van der Waals surface area contributed by atoms with Crippen LogP contribution in [0, 0.1) is 0 Å². The first-order chi connectivity index (χ1) is 9.99. The zero-order valence-electron chi connectivity index (χ0n) is 13.5. The van der Waals surface area contributed by atoms with Crippen molar-refractivity contribution in [2.24, 2.45) is 0 Å². The van der Waals surface area contributed by atoms with Gasteiger partial charge in [0.05, 0.1) is 0 Å². The van der Waals surface area contributed by atoms with Crippen molar-refractivity contribution in [1.82, 2.24) is 0 Å². The van der Waals surface area contributed by atoms with Crippen LogP contribution in [0.4, 0.5) is 0 Å². The van der Waals surface area contributed by atoms with Crippen LogP contribution in [0.1, 0.15) is 20.8 Å². The van der Waals surface area contributed by atoms with Crippen molar-refractivity contribution < 1.29 is 9.47 Å². The van der Waals surface area contributed by atoms with Crippen molar-refractivity contribution in [3.63, 3.8) is 0 Å². The number of benzene rings is 2. The molecule has 2 aromatic carbocycles. The fraction of sp³-hybridized carbons (Fsp3) is 0.333. The molecule has 2 aromatic rings. The zero-order chi connectivity index (χ0) is 15.5. The third kappa shape index (κ3) is 3.47. The van der Waals surface area contributed by atoms with Gasteiger partial charge in [0.1, 0.15) is 0 Å². The molecule has 0 atom stereocenters. The molecule has 0 fully saturated rings. The summed E-state index contributed by atoms with van der Waals surface area (Å²) in [4.78, 5) is 0. The molecule has 2 rings (SSSR count). The first kappa shape index (κ1) is 16.1. The van der Waals surface area contributed by atoms with Crippen LogP contribution in [-0.2, 0) is 0 Å². The summed E-state index contributed by atoms with van der Waals surface area (Å²) in [6.07, 6.45) is 0. The number of methoxy groups -OCH3 is 2.